The molecule has 2 saturated heterocycles. The van der Waals surface area contributed by atoms with Gasteiger partial charge in [-0.3, -0.25) is 14.4 Å². The Morgan fingerprint density at radius 2 is 1.62 bits per heavy atom. The highest BCUT2D eigenvalue weighted by Crippen LogP contribution is 2.24. The van der Waals surface area contributed by atoms with E-state index in [-0.39, 0.29) is 42.7 Å². The van der Waals surface area contributed by atoms with E-state index < -0.39 is 0 Å². The highest BCUT2D eigenvalue weighted by Gasteiger charge is 2.37. The number of hydrogen-bond donors (Lipinski definition) is 1. The normalized spacial score (nSPS) is 19.1. The van der Waals surface area contributed by atoms with Gasteiger partial charge in [-0.05, 0) is 30.5 Å². The lowest BCUT2D eigenvalue weighted by molar-refractivity contribution is -0.137. The average molecular weight is 436 g/mol. The van der Waals surface area contributed by atoms with Crippen LogP contribution in [0.15, 0.2) is 60.7 Å². The largest absolute Gasteiger partial charge is 0.484 e. The summed E-state index contributed by atoms with van der Waals surface area (Å²) in [5.74, 6) is 0.308. The highest BCUT2D eigenvalue weighted by atomic mass is 16.5. The predicted octanol–water partition coefficient (Wildman–Crippen LogP) is 2.22. The highest BCUT2D eigenvalue weighted by molar-refractivity contribution is 5.89. The molecule has 2 heterocycles. The summed E-state index contributed by atoms with van der Waals surface area (Å²) in [7, 11) is 0. The summed E-state index contributed by atoms with van der Waals surface area (Å²) < 4.78 is 5.49. The smallest absolute Gasteiger partial charge is 0.258 e. The molecular weight excluding hydrogens is 406 g/mol. The zero-order valence-corrected chi connectivity index (χ0v) is 18.1. The van der Waals surface area contributed by atoms with E-state index in [4.69, 9.17) is 4.74 Å². The van der Waals surface area contributed by atoms with Gasteiger partial charge in [0.1, 0.15) is 5.75 Å². The maximum absolute atomic E-state index is 13.0. The summed E-state index contributed by atoms with van der Waals surface area (Å²) in [6, 6.07) is 19.1. The number of ether oxygens (including phenoxy) is 1. The van der Waals surface area contributed by atoms with Crippen LogP contribution >= 0.6 is 0 Å². The van der Waals surface area contributed by atoms with Crippen LogP contribution in [0, 0.1) is 5.92 Å². The van der Waals surface area contributed by atoms with Gasteiger partial charge in [0.2, 0.25) is 11.8 Å². The molecule has 2 fully saturated rings. The second-order valence-electron chi connectivity index (χ2n) is 8.43. The van der Waals surface area contributed by atoms with Crippen LogP contribution in [0.1, 0.15) is 24.8 Å². The van der Waals surface area contributed by atoms with Crippen molar-refractivity contribution in [2.45, 2.75) is 31.8 Å². The van der Waals surface area contributed by atoms with E-state index in [9.17, 15) is 14.4 Å². The molecule has 168 valence electrons. The molecule has 2 aromatic rings. The first kappa shape index (κ1) is 21.9. The van der Waals surface area contributed by atoms with Gasteiger partial charge in [0.15, 0.2) is 6.61 Å². The summed E-state index contributed by atoms with van der Waals surface area (Å²) >= 11 is 0. The minimum Gasteiger partial charge on any atom is -0.484 e. The van der Waals surface area contributed by atoms with Crippen molar-refractivity contribution in [1.82, 2.24) is 15.1 Å². The van der Waals surface area contributed by atoms with E-state index in [1.54, 1.807) is 4.90 Å². The summed E-state index contributed by atoms with van der Waals surface area (Å²) in [6.45, 7) is 2.17. The van der Waals surface area contributed by atoms with Gasteiger partial charge in [-0.2, -0.15) is 0 Å². The van der Waals surface area contributed by atoms with Gasteiger partial charge in [-0.15, -0.1) is 0 Å². The summed E-state index contributed by atoms with van der Waals surface area (Å²) in [6.07, 6.45) is 1.69. The molecule has 0 radical (unpaired) electrons. The molecule has 2 aliphatic rings. The Morgan fingerprint density at radius 1 is 0.969 bits per heavy atom. The lowest BCUT2D eigenvalue weighted by Gasteiger charge is -2.33. The molecule has 0 aliphatic carbocycles. The van der Waals surface area contributed by atoms with E-state index in [0.717, 1.165) is 5.56 Å². The number of carbonyl (C=O) groups excluding carboxylic acids is 3. The zero-order chi connectivity index (χ0) is 22.3. The number of likely N-dealkylation sites (tertiary alicyclic amines) is 2. The van der Waals surface area contributed by atoms with Crippen LogP contribution < -0.4 is 10.1 Å². The maximum atomic E-state index is 13.0. The van der Waals surface area contributed by atoms with Crippen LogP contribution in [0.25, 0.3) is 0 Å². The second-order valence-corrected chi connectivity index (χ2v) is 8.43. The van der Waals surface area contributed by atoms with Gasteiger partial charge in [-0.1, -0.05) is 48.5 Å². The predicted molar refractivity (Wildman–Crippen MR) is 120 cm³/mol. The van der Waals surface area contributed by atoms with Crippen LogP contribution in [0.3, 0.4) is 0 Å². The van der Waals surface area contributed by atoms with Gasteiger partial charge in [-0.25, -0.2) is 0 Å². The molecular formula is C25H29N3O4. The van der Waals surface area contributed by atoms with Crippen molar-refractivity contribution in [2.75, 3.05) is 26.2 Å². The lowest BCUT2D eigenvalue weighted by atomic mass is 10.0. The molecule has 0 bridgehead atoms. The number of carbonyl (C=O) groups is 3. The molecule has 2 aliphatic heterocycles. The van der Waals surface area contributed by atoms with Crippen molar-refractivity contribution >= 4 is 17.7 Å². The number of nitrogens with one attached hydrogen (secondary N) is 1. The minimum absolute atomic E-state index is 0.0232. The summed E-state index contributed by atoms with van der Waals surface area (Å²) in [5.41, 5.74) is 1.07. The number of para-hydroxylation sites is 1. The van der Waals surface area contributed by atoms with Crippen LogP contribution in [0.2, 0.25) is 0 Å². The van der Waals surface area contributed by atoms with Gasteiger partial charge in [0.25, 0.3) is 5.91 Å². The molecule has 2 aromatic carbocycles. The third-order valence-electron chi connectivity index (χ3n) is 6.06. The van der Waals surface area contributed by atoms with Crippen LogP contribution in [0.4, 0.5) is 0 Å². The summed E-state index contributed by atoms with van der Waals surface area (Å²) in [5, 5.41) is 3.00. The van der Waals surface area contributed by atoms with Gasteiger partial charge in [0, 0.05) is 38.6 Å². The van der Waals surface area contributed by atoms with Crippen molar-refractivity contribution in [2.24, 2.45) is 5.92 Å². The third-order valence-corrected chi connectivity index (χ3v) is 6.06. The molecule has 7 nitrogen and oxygen atoms in total. The second kappa shape index (κ2) is 10.3. The molecule has 0 spiro atoms. The fourth-order valence-electron chi connectivity index (χ4n) is 4.33. The van der Waals surface area contributed by atoms with E-state index in [0.29, 0.717) is 44.8 Å². The third kappa shape index (κ3) is 5.66. The van der Waals surface area contributed by atoms with Crippen molar-refractivity contribution in [3.05, 3.63) is 66.2 Å². The molecule has 7 heteroatoms. The van der Waals surface area contributed by atoms with E-state index in [2.05, 4.69) is 5.32 Å². The first-order valence-corrected chi connectivity index (χ1v) is 11.2. The summed E-state index contributed by atoms with van der Waals surface area (Å²) in [4.78, 5) is 41.2. The maximum Gasteiger partial charge on any atom is 0.258 e. The van der Waals surface area contributed by atoms with Crippen molar-refractivity contribution < 1.29 is 19.1 Å². The first-order chi connectivity index (χ1) is 15.6. The number of rotatable bonds is 7. The van der Waals surface area contributed by atoms with Crippen molar-refractivity contribution in [1.29, 1.82) is 0 Å². The lowest BCUT2D eigenvalue weighted by Crippen LogP contribution is -2.49. The molecule has 3 amide bonds. The van der Waals surface area contributed by atoms with E-state index in [1.165, 1.54) is 0 Å². The quantitative estimate of drug-likeness (QED) is 0.723. The van der Waals surface area contributed by atoms with Gasteiger partial charge < -0.3 is 19.9 Å². The van der Waals surface area contributed by atoms with Crippen LogP contribution in [0.5, 0.6) is 5.75 Å². The fourth-order valence-corrected chi connectivity index (χ4v) is 4.33. The molecule has 1 unspecified atom stereocenters. The Morgan fingerprint density at radius 3 is 2.31 bits per heavy atom. The number of hydrogen-bond acceptors (Lipinski definition) is 4. The Kier molecular flexibility index (Phi) is 7.04. The van der Waals surface area contributed by atoms with Crippen LogP contribution in [-0.4, -0.2) is 59.8 Å². The molecule has 32 heavy (non-hydrogen) atoms. The fraction of sp³-hybridized carbons (Fsp3) is 0.400. The van der Waals surface area contributed by atoms with Crippen LogP contribution in [-0.2, 0) is 20.9 Å². The number of benzene rings is 2. The molecule has 0 saturated carbocycles. The number of piperidine rings is 1. The average Bonchev–Trinajstić information content (AvgIpc) is 3.19. The van der Waals surface area contributed by atoms with E-state index in [1.807, 2.05) is 65.6 Å². The molecule has 4 rings (SSSR count). The Hall–Kier alpha value is -3.35. The minimum atomic E-state index is -0.281. The van der Waals surface area contributed by atoms with E-state index >= 15 is 0 Å². The zero-order valence-electron chi connectivity index (χ0n) is 18.1. The van der Waals surface area contributed by atoms with Gasteiger partial charge >= 0.3 is 0 Å². The monoisotopic (exact) mass is 435 g/mol. The Balaban J connectivity index is 1.20. The number of nitrogens with zero attached hydrogens (tertiary/aromatic N) is 2. The molecule has 1 atom stereocenters. The Labute approximate surface area is 188 Å². The molecule has 1 N–H and O–H groups in total. The molecule has 0 aromatic heterocycles. The topological polar surface area (TPSA) is 79.0 Å². The van der Waals surface area contributed by atoms with Crippen molar-refractivity contribution in [3.63, 3.8) is 0 Å². The van der Waals surface area contributed by atoms with Crippen molar-refractivity contribution in [3.8, 4) is 5.75 Å². The Bertz CT molecular complexity index is 927. The SMILES string of the molecule is O=C(COc1ccccc1)NC1CCN(C(=O)C2CC(=O)N(Cc3ccccc3)C2)CC1. The number of amides is 3. The first-order valence-electron chi connectivity index (χ1n) is 11.2. The standard InChI is InChI=1S/C25H29N3O4/c29-23(18-32-22-9-5-2-6-10-22)26-21-11-13-27(14-12-21)25(31)20-15-24(30)28(17-20)16-19-7-3-1-4-8-19/h1-10,20-21H,11-18H2,(H,26,29). The van der Waals surface area contributed by atoms with Gasteiger partial charge in [0.05, 0.1) is 5.92 Å².